The minimum Gasteiger partial charge on any atom is -0.494 e. The van der Waals surface area contributed by atoms with Gasteiger partial charge in [0.2, 0.25) is 5.91 Å². The summed E-state index contributed by atoms with van der Waals surface area (Å²) >= 11 is 6.10. The molecule has 2 rings (SSSR count). The minimum absolute atomic E-state index is 0.0318. The molecule has 0 unspecified atom stereocenters. The summed E-state index contributed by atoms with van der Waals surface area (Å²) in [5, 5.41) is 3.60. The Hall–Kier alpha value is -2.00. The van der Waals surface area contributed by atoms with E-state index in [0.717, 1.165) is 29.8 Å². The molecule has 0 aliphatic carbocycles. The van der Waals surface area contributed by atoms with E-state index in [-0.39, 0.29) is 5.91 Å². The molecule has 4 heteroatoms. The highest BCUT2D eigenvalue weighted by molar-refractivity contribution is 6.31. The van der Waals surface area contributed by atoms with Gasteiger partial charge in [-0.2, -0.15) is 0 Å². The van der Waals surface area contributed by atoms with Crippen molar-refractivity contribution in [3.63, 3.8) is 0 Å². The number of carbonyl (C=O) groups excluding carboxylic acids is 1. The summed E-state index contributed by atoms with van der Waals surface area (Å²) in [4.78, 5) is 12.1. The van der Waals surface area contributed by atoms with Crippen LogP contribution < -0.4 is 10.1 Å². The molecule has 3 nitrogen and oxygen atoms in total. The van der Waals surface area contributed by atoms with Crippen molar-refractivity contribution in [3.05, 3.63) is 59.1 Å². The van der Waals surface area contributed by atoms with E-state index in [2.05, 4.69) is 12.2 Å². The highest BCUT2D eigenvalue weighted by atomic mass is 35.5. The van der Waals surface area contributed by atoms with Crippen molar-refractivity contribution in [2.75, 3.05) is 11.9 Å². The molecule has 0 saturated heterocycles. The van der Waals surface area contributed by atoms with E-state index in [4.69, 9.17) is 16.3 Å². The van der Waals surface area contributed by atoms with Crippen LogP contribution in [0, 0.1) is 0 Å². The first-order chi connectivity index (χ1) is 11.2. The number of anilines is 1. The fraction of sp³-hybridized carbons (Fsp3) is 0.316. The lowest BCUT2D eigenvalue weighted by Crippen LogP contribution is -2.12. The maximum atomic E-state index is 12.1. The van der Waals surface area contributed by atoms with Crippen LogP contribution in [0.2, 0.25) is 5.02 Å². The van der Waals surface area contributed by atoms with Crippen molar-refractivity contribution in [1.29, 1.82) is 0 Å². The second-order valence-electron chi connectivity index (χ2n) is 5.37. The number of amides is 1. The molecule has 2 aromatic rings. The van der Waals surface area contributed by atoms with Gasteiger partial charge < -0.3 is 10.1 Å². The molecule has 0 atom stereocenters. The Bertz CT molecular complexity index is 643. The smallest absolute Gasteiger partial charge is 0.224 e. The van der Waals surface area contributed by atoms with Crippen molar-refractivity contribution in [3.8, 4) is 5.75 Å². The third-order valence-electron chi connectivity index (χ3n) is 3.46. The average molecular weight is 332 g/mol. The highest BCUT2D eigenvalue weighted by Crippen LogP contribution is 2.19. The zero-order valence-corrected chi connectivity index (χ0v) is 14.1. The Kier molecular flexibility index (Phi) is 6.95. The number of ether oxygens (including phenoxy) is 1. The fourth-order valence-electron chi connectivity index (χ4n) is 2.17. The maximum absolute atomic E-state index is 12.1. The number of hydrogen-bond acceptors (Lipinski definition) is 2. The molecule has 0 fully saturated rings. The summed E-state index contributed by atoms with van der Waals surface area (Å²) in [5.74, 6) is 0.748. The molecule has 0 saturated carbocycles. The summed E-state index contributed by atoms with van der Waals surface area (Å²) in [5.41, 5.74) is 1.74. The Morgan fingerprint density at radius 3 is 2.78 bits per heavy atom. The van der Waals surface area contributed by atoms with Crippen molar-refractivity contribution < 1.29 is 9.53 Å². The van der Waals surface area contributed by atoms with Crippen molar-refractivity contribution in [2.24, 2.45) is 0 Å². The standard InChI is InChI=1S/C19H22ClNO2/c1-2-3-13-23-17-9-6-8-16(14-17)21-19(22)12-11-15-7-4-5-10-18(15)20/h4-10,14H,2-3,11-13H2,1H3,(H,21,22). The third kappa shape index (κ3) is 5.95. The minimum atomic E-state index is -0.0318. The molecule has 0 aromatic heterocycles. The van der Waals surface area contributed by atoms with Crippen LogP contribution in [-0.4, -0.2) is 12.5 Å². The molecule has 122 valence electrons. The van der Waals surface area contributed by atoms with E-state index in [1.165, 1.54) is 0 Å². The second kappa shape index (κ2) is 9.21. The van der Waals surface area contributed by atoms with Gasteiger partial charge in [-0.1, -0.05) is 49.2 Å². The first-order valence-electron chi connectivity index (χ1n) is 7.95. The van der Waals surface area contributed by atoms with Crippen molar-refractivity contribution >= 4 is 23.2 Å². The molecule has 1 N–H and O–H groups in total. The number of aryl methyl sites for hydroxylation is 1. The first-order valence-corrected chi connectivity index (χ1v) is 8.33. The molecule has 2 aromatic carbocycles. The molecule has 23 heavy (non-hydrogen) atoms. The molecular weight excluding hydrogens is 310 g/mol. The SMILES string of the molecule is CCCCOc1cccc(NC(=O)CCc2ccccc2Cl)c1. The van der Waals surface area contributed by atoms with Gasteiger partial charge in [0.05, 0.1) is 6.61 Å². The van der Waals surface area contributed by atoms with Crippen LogP contribution in [0.15, 0.2) is 48.5 Å². The van der Waals surface area contributed by atoms with Crippen LogP contribution >= 0.6 is 11.6 Å². The Labute approximate surface area is 142 Å². The number of rotatable bonds is 8. The molecular formula is C19H22ClNO2. The second-order valence-corrected chi connectivity index (χ2v) is 5.78. The van der Waals surface area contributed by atoms with Gasteiger partial charge in [-0.05, 0) is 36.6 Å². The van der Waals surface area contributed by atoms with Gasteiger partial charge >= 0.3 is 0 Å². The third-order valence-corrected chi connectivity index (χ3v) is 3.83. The number of halogens is 1. The van der Waals surface area contributed by atoms with Gasteiger partial charge in [0.15, 0.2) is 0 Å². The topological polar surface area (TPSA) is 38.3 Å². The summed E-state index contributed by atoms with van der Waals surface area (Å²) in [6.45, 7) is 2.82. The normalized spacial score (nSPS) is 10.3. The van der Waals surface area contributed by atoms with E-state index in [9.17, 15) is 4.79 Å². The Morgan fingerprint density at radius 1 is 1.17 bits per heavy atom. The molecule has 0 aliphatic heterocycles. The van der Waals surface area contributed by atoms with E-state index >= 15 is 0 Å². The van der Waals surface area contributed by atoms with Gasteiger partial charge in [0.25, 0.3) is 0 Å². The quantitative estimate of drug-likeness (QED) is 0.684. The zero-order valence-electron chi connectivity index (χ0n) is 13.3. The van der Waals surface area contributed by atoms with E-state index in [1.54, 1.807) is 0 Å². The Balaban J connectivity index is 1.85. The van der Waals surface area contributed by atoms with Crippen LogP contribution in [-0.2, 0) is 11.2 Å². The zero-order chi connectivity index (χ0) is 16.5. The maximum Gasteiger partial charge on any atom is 0.224 e. The van der Waals surface area contributed by atoms with Gasteiger partial charge in [-0.15, -0.1) is 0 Å². The van der Waals surface area contributed by atoms with E-state index in [1.807, 2.05) is 48.5 Å². The predicted octanol–water partition coefficient (Wildman–Crippen LogP) is 5.09. The highest BCUT2D eigenvalue weighted by Gasteiger charge is 2.06. The molecule has 0 spiro atoms. The van der Waals surface area contributed by atoms with E-state index < -0.39 is 0 Å². The van der Waals surface area contributed by atoms with Gasteiger partial charge in [0.1, 0.15) is 5.75 Å². The van der Waals surface area contributed by atoms with Gasteiger partial charge in [0, 0.05) is 23.2 Å². The molecule has 0 radical (unpaired) electrons. The van der Waals surface area contributed by atoms with Gasteiger partial charge in [-0.3, -0.25) is 4.79 Å². The molecule has 1 amide bonds. The first kappa shape index (κ1) is 17.4. The van der Waals surface area contributed by atoms with E-state index in [0.29, 0.717) is 24.5 Å². The largest absolute Gasteiger partial charge is 0.494 e. The van der Waals surface area contributed by atoms with Crippen LogP contribution in [0.5, 0.6) is 5.75 Å². The lowest BCUT2D eigenvalue weighted by Gasteiger charge is -2.09. The monoisotopic (exact) mass is 331 g/mol. The summed E-state index contributed by atoms with van der Waals surface area (Å²) in [6.07, 6.45) is 3.13. The lowest BCUT2D eigenvalue weighted by atomic mass is 10.1. The number of hydrogen-bond donors (Lipinski definition) is 1. The summed E-state index contributed by atoms with van der Waals surface area (Å²) < 4.78 is 5.64. The van der Waals surface area contributed by atoms with Gasteiger partial charge in [-0.25, -0.2) is 0 Å². The van der Waals surface area contributed by atoms with Crippen LogP contribution in [0.25, 0.3) is 0 Å². The number of unbranched alkanes of at least 4 members (excludes halogenated alkanes) is 1. The number of benzene rings is 2. The fourth-order valence-corrected chi connectivity index (χ4v) is 2.40. The Morgan fingerprint density at radius 2 is 2.00 bits per heavy atom. The predicted molar refractivity (Wildman–Crippen MR) is 95.2 cm³/mol. The summed E-state index contributed by atoms with van der Waals surface area (Å²) in [7, 11) is 0. The average Bonchev–Trinajstić information content (AvgIpc) is 2.55. The van der Waals surface area contributed by atoms with Crippen LogP contribution in [0.3, 0.4) is 0 Å². The lowest BCUT2D eigenvalue weighted by molar-refractivity contribution is -0.116. The van der Waals surface area contributed by atoms with Crippen LogP contribution in [0.4, 0.5) is 5.69 Å². The molecule has 0 heterocycles. The number of nitrogens with one attached hydrogen (secondary N) is 1. The van der Waals surface area contributed by atoms with Crippen LogP contribution in [0.1, 0.15) is 31.7 Å². The number of carbonyl (C=O) groups is 1. The molecule has 0 bridgehead atoms. The summed E-state index contributed by atoms with van der Waals surface area (Å²) in [6, 6.07) is 15.1. The molecule has 0 aliphatic rings. The van der Waals surface area contributed by atoms with Crippen molar-refractivity contribution in [2.45, 2.75) is 32.6 Å². The van der Waals surface area contributed by atoms with Crippen molar-refractivity contribution in [1.82, 2.24) is 0 Å².